The third-order valence-electron chi connectivity index (χ3n) is 2.98. The molecular formula is C14H14F2N2S. The van der Waals surface area contributed by atoms with Gasteiger partial charge in [-0.25, -0.2) is 13.8 Å². The first-order valence-electron chi connectivity index (χ1n) is 6.07. The number of hydrogen-bond donors (Lipinski definition) is 1. The Labute approximate surface area is 115 Å². The van der Waals surface area contributed by atoms with Crippen LogP contribution < -0.4 is 0 Å². The smallest absolute Gasteiger partial charge is 0.138 e. The lowest BCUT2D eigenvalue weighted by atomic mass is 10.0. The van der Waals surface area contributed by atoms with Gasteiger partial charge in [-0.3, -0.25) is 0 Å². The summed E-state index contributed by atoms with van der Waals surface area (Å²) in [5.41, 5.74) is 1.41. The molecule has 0 fully saturated rings. The van der Waals surface area contributed by atoms with Crippen LogP contribution in [-0.4, -0.2) is 9.97 Å². The van der Waals surface area contributed by atoms with E-state index in [4.69, 9.17) is 12.2 Å². The molecule has 5 heteroatoms. The van der Waals surface area contributed by atoms with Crippen molar-refractivity contribution in [2.45, 2.75) is 26.7 Å². The Bertz CT molecular complexity index is 665. The number of aromatic nitrogens is 2. The molecule has 19 heavy (non-hydrogen) atoms. The molecule has 2 rings (SSSR count). The number of aromatic amines is 1. The summed E-state index contributed by atoms with van der Waals surface area (Å²) in [6, 6.07) is 2.68. The molecule has 1 N–H and O–H groups in total. The normalized spacial score (nSPS) is 10.7. The number of nitrogens with zero attached hydrogens (tertiary/aromatic N) is 1. The minimum absolute atomic E-state index is 0.0584. The maximum atomic E-state index is 14.2. The van der Waals surface area contributed by atoms with Crippen LogP contribution in [0, 0.1) is 23.2 Å². The Morgan fingerprint density at radius 3 is 2.74 bits per heavy atom. The second-order valence-corrected chi connectivity index (χ2v) is 4.75. The average Bonchev–Trinajstić information content (AvgIpc) is 2.38. The monoisotopic (exact) mass is 280 g/mol. The van der Waals surface area contributed by atoms with Crippen molar-refractivity contribution in [3.63, 3.8) is 0 Å². The predicted octanol–water partition coefficient (Wildman–Crippen LogP) is 4.35. The molecule has 0 unspecified atom stereocenters. The van der Waals surface area contributed by atoms with Crippen molar-refractivity contribution in [2.75, 3.05) is 0 Å². The first-order valence-corrected chi connectivity index (χ1v) is 6.48. The van der Waals surface area contributed by atoms with E-state index in [0.29, 0.717) is 27.9 Å². The van der Waals surface area contributed by atoms with Gasteiger partial charge in [0.05, 0.1) is 17.6 Å². The Morgan fingerprint density at radius 2 is 2.05 bits per heavy atom. The summed E-state index contributed by atoms with van der Waals surface area (Å²) in [6.45, 7) is 3.59. The molecule has 2 aromatic rings. The largest absolute Gasteiger partial charge is 0.345 e. The second kappa shape index (κ2) is 5.57. The standard InChI is InChI=1S/C14H14F2N2S/c1-3-4-9-13(17-7-18-14(9)19)11-10(15)6-5-8(2)12(11)16/h5-7H,3-4H2,1-2H3,(H,17,18,19). The summed E-state index contributed by atoms with van der Waals surface area (Å²) in [5, 5.41) is 0. The summed E-state index contributed by atoms with van der Waals surface area (Å²) >= 11 is 5.15. The molecule has 0 atom stereocenters. The molecule has 1 aromatic heterocycles. The summed E-state index contributed by atoms with van der Waals surface area (Å²) in [5.74, 6) is -1.16. The van der Waals surface area contributed by atoms with Crippen molar-refractivity contribution in [3.8, 4) is 11.3 Å². The van der Waals surface area contributed by atoms with Gasteiger partial charge in [0.2, 0.25) is 0 Å². The van der Waals surface area contributed by atoms with E-state index in [2.05, 4.69) is 9.97 Å². The van der Waals surface area contributed by atoms with Crippen LogP contribution in [0.1, 0.15) is 24.5 Å². The molecule has 0 bridgehead atoms. The van der Waals surface area contributed by atoms with Crippen molar-refractivity contribution in [1.82, 2.24) is 9.97 Å². The van der Waals surface area contributed by atoms with E-state index in [9.17, 15) is 8.78 Å². The van der Waals surface area contributed by atoms with Crippen LogP contribution in [0.3, 0.4) is 0 Å². The van der Waals surface area contributed by atoms with Crippen LogP contribution in [-0.2, 0) is 6.42 Å². The maximum absolute atomic E-state index is 14.2. The van der Waals surface area contributed by atoms with Crippen LogP contribution in [0.25, 0.3) is 11.3 Å². The molecule has 0 aliphatic rings. The number of hydrogen-bond acceptors (Lipinski definition) is 2. The minimum atomic E-state index is -0.600. The van der Waals surface area contributed by atoms with E-state index in [0.717, 1.165) is 6.42 Å². The third-order valence-corrected chi connectivity index (χ3v) is 3.34. The van der Waals surface area contributed by atoms with Crippen molar-refractivity contribution in [1.29, 1.82) is 0 Å². The highest BCUT2D eigenvalue weighted by molar-refractivity contribution is 7.71. The fraction of sp³-hybridized carbons (Fsp3) is 0.286. The molecule has 1 heterocycles. The van der Waals surface area contributed by atoms with Crippen LogP contribution in [0.4, 0.5) is 8.78 Å². The average molecular weight is 280 g/mol. The Hall–Kier alpha value is -1.62. The van der Waals surface area contributed by atoms with Gasteiger partial charge in [0, 0.05) is 5.56 Å². The van der Waals surface area contributed by atoms with Crippen molar-refractivity contribution >= 4 is 12.2 Å². The SMILES string of the molecule is CCCc1c(-c2c(F)ccc(C)c2F)[nH]cnc1=S. The quantitative estimate of drug-likeness (QED) is 0.847. The molecule has 0 saturated carbocycles. The van der Waals surface area contributed by atoms with E-state index in [1.54, 1.807) is 6.92 Å². The number of rotatable bonds is 3. The van der Waals surface area contributed by atoms with Gasteiger partial charge in [-0.05, 0) is 25.0 Å². The highest BCUT2D eigenvalue weighted by atomic mass is 32.1. The number of nitrogens with one attached hydrogen (secondary N) is 1. The first-order chi connectivity index (χ1) is 9.06. The topological polar surface area (TPSA) is 28.7 Å². The zero-order chi connectivity index (χ0) is 14.0. The number of halogens is 2. The first kappa shape index (κ1) is 13.8. The van der Waals surface area contributed by atoms with E-state index >= 15 is 0 Å². The van der Waals surface area contributed by atoms with Gasteiger partial charge in [-0.1, -0.05) is 31.6 Å². The maximum Gasteiger partial charge on any atom is 0.138 e. The van der Waals surface area contributed by atoms with E-state index < -0.39 is 11.6 Å². The summed E-state index contributed by atoms with van der Waals surface area (Å²) < 4.78 is 28.5. The highest BCUT2D eigenvalue weighted by Gasteiger charge is 2.17. The van der Waals surface area contributed by atoms with Gasteiger partial charge in [-0.2, -0.15) is 0 Å². The molecule has 100 valence electrons. The minimum Gasteiger partial charge on any atom is -0.345 e. The van der Waals surface area contributed by atoms with Crippen LogP contribution >= 0.6 is 12.2 Å². The van der Waals surface area contributed by atoms with E-state index in [-0.39, 0.29) is 5.56 Å². The highest BCUT2D eigenvalue weighted by Crippen LogP contribution is 2.29. The van der Waals surface area contributed by atoms with Crippen LogP contribution in [0.5, 0.6) is 0 Å². The van der Waals surface area contributed by atoms with Crippen molar-refractivity contribution < 1.29 is 8.78 Å². The van der Waals surface area contributed by atoms with Gasteiger partial charge in [0.1, 0.15) is 16.3 Å². The molecule has 1 aromatic carbocycles. The number of aryl methyl sites for hydroxylation is 1. The van der Waals surface area contributed by atoms with Crippen LogP contribution in [0.2, 0.25) is 0 Å². The zero-order valence-corrected chi connectivity index (χ0v) is 11.6. The lowest BCUT2D eigenvalue weighted by Crippen LogP contribution is -2.01. The Balaban J connectivity index is 2.76. The lowest BCUT2D eigenvalue weighted by molar-refractivity contribution is 0.582. The summed E-state index contributed by atoms with van der Waals surface area (Å²) in [7, 11) is 0. The molecule has 0 amide bonds. The summed E-state index contributed by atoms with van der Waals surface area (Å²) in [4.78, 5) is 6.81. The van der Waals surface area contributed by atoms with E-state index in [1.165, 1.54) is 18.5 Å². The van der Waals surface area contributed by atoms with Gasteiger partial charge < -0.3 is 4.98 Å². The molecule has 0 radical (unpaired) electrons. The van der Waals surface area contributed by atoms with Gasteiger partial charge in [0.15, 0.2) is 0 Å². The third kappa shape index (κ3) is 2.56. The molecule has 2 nitrogen and oxygen atoms in total. The Kier molecular flexibility index (Phi) is 4.04. The van der Waals surface area contributed by atoms with Gasteiger partial charge in [0.25, 0.3) is 0 Å². The van der Waals surface area contributed by atoms with Crippen molar-refractivity contribution in [3.05, 3.63) is 45.9 Å². The molecule has 0 aliphatic carbocycles. The Morgan fingerprint density at radius 1 is 1.32 bits per heavy atom. The molecule has 0 saturated heterocycles. The summed E-state index contributed by atoms with van der Waals surface area (Å²) in [6.07, 6.45) is 2.83. The fourth-order valence-electron chi connectivity index (χ4n) is 2.02. The molecule has 0 aliphatic heterocycles. The van der Waals surface area contributed by atoms with Crippen LogP contribution in [0.15, 0.2) is 18.5 Å². The zero-order valence-electron chi connectivity index (χ0n) is 10.8. The van der Waals surface area contributed by atoms with Gasteiger partial charge >= 0.3 is 0 Å². The van der Waals surface area contributed by atoms with E-state index in [1.807, 2.05) is 6.92 Å². The van der Waals surface area contributed by atoms with Crippen molar-refractivity contribution in [2.24, 2.45) is 0 Å². The second-order valence-electron chi connectivity index (χ2n) is 4.36. The predicted molar refractivity (Wildman–Crippen MR) is 73.5 cm³/mol. The molecule has 0 spiro atoms. The molecular weight excluding hydrogens is 266 g/mol. The van der Waals surface area contributed by atoms with Gasteiger partial charge in [-0.15, -0.1) is 0 Å². The lowest BCUT2D eigenvalue weighted by Gasteiger charge is -2.11. The number of H-pyrrole nitrogens is 1. The fourth-order valence-corrected chi connectivity index (χ4v) is 2.28. The number of benzene rings is 1.